The molecule has 0 N–H and O–H groups in total. The smallest absolute Gasteiger partial charge is 0.0967 e. The Kier molecular flexibility index (Phi) is 3.82. The zero-order valence-corrected chi connectivity index (χ0v) is 8.33. The van der Waals surface area contributed by atoms with Gasteiger partial charge in [-0.25, -0.2) is 0 Å². The van der Waals surface area contributed by atoms with Crippen LogP contribution in [-0.2, 0) is 6.42 Å². The lowest BCUT2D eigenvalue weighted by atomic mass is 9.93. The van der Waals surface area contributed by atoms with Crippen molar-refractivity contribution in [1.82, 2.24) is 0 Å². The van der Waals surface area contributed by atoms with E-state index in [1.807, 2.05) is 12.1 Å². The molecule has 13 heavy (non-hydrogen) atoms. The molecule has 0 saturated carbocycles. The van der Waals surface area contributed by atoms with Gasteiger partial charge in [-0.05, 0) is 24.8 Å². The Bertz CT molecular complexity index is 272. The molecule has 1 rings (SSSR count). The van der Waals surface area contributed by atoms with Crippen LogP contribution in [0, 0.1) is 5.92 Å². The topological polar surface area (TPSA) is 0 Å². The molecular weight excluding hydrogens is 155 g/mol. The molecule has 1 aromatic rings. The number of hydrogen-bond donors (Lipinski definition) is 0. The monoisotopic (exact) mass is 170 g/mol. The van der Waals surface area contributed by atoms with Crippen LogP contribution in [-0.4, -0.2) is 7.85 Å². The van der Waals surface area contributed by atoms with Gasteiger partial charge in [0.25, 0.3) is 0 Å². The second-order valence-corrected chi connectivity index (χ2v) is 3.45. The van der Waals surface area contributed by atoms with E-state index in [1.54, 1.807) is 0 Å². The van der Waals surface area contributed by atoms with Crippen LogP contribution in [0.2, 0.25) is 0 Å². The third-order valence-corrected chi connectivity index (χ3v) is 2.06. The zero-order chi connectivity index (χ0) is 9.68. The Balaban J connectivity index is 2.59. The molecule has 1 heteroatoms. The van der Waals surface area contributed by atoms with Gasteiger partial charge >= 0.3 is 0 Å². The van der Waals surface area contributed by atoms with Crippen molar-refractivity contribution in [1.29, 1.82) is 0 Å². The molecule has 0 heterocycles. The standard InChI is InChI=1S/C12H15B/c1-3-4-10(2)9-11-5-7-12(13)8-6-11/h3-8,10H,9H2,1-2H3/b4-3+. The first kappa shape index (κ1) is 10.1. The predicted molar refractivity (Wildman–Crippen MR) is 59.5 cm³/mol. The molecule has 0 aromatic heterocycles. The van der Waals surface area contributed by atoms with Gasteiger partial charge in [-0.3, -0.25) is 0 Å². The van der Waals surface area contributed by atoms with Crippen molar-refractivity contribution in [3.8, 4) is 0 Å². The van der Waals surface area contributed by atoms with Gasteiger partial charge in [0.1, 0.15) is 7.85 Å². The molecule has 0 saturated heterocycles. The van der Waals surface area contributed by atoms with E-state index in [0.29, 0.717) is 5.92 Å². The minimum absolute atomic E-state index is 0.605. The van der Waals surface area contributed by atoms with Crippen LogP contribution < -0.4 is 5.46 Å². The van der Waals surface area contributed by atoms with Gasteiger partial charge in [0.05, 0.1) is 0 Å². The maximum Gasteiger partial charge on any atom is 0.113 e. The van der Waals surface area contributed by atoms with Gasteiger partial charge in [0.15, 0.2) is 0 Å². The molecule has 66 valence electrons. The average Bonchev–Trinajstić information content (AvgIpc) is 2.09. The lowest BCUT2D eigenvalue weighted by Crippen LogP contribution is -2.02. The fourth-order valence-electron chi connectivity index (χ4n) is 1.42. The molecule has 2 radical (unpaired) electrons. The second kappa shape index (κ2) is 4.91. The molecule has 0 aliphatic carbocycles. The van der Waals surface area contributed by atoms with Crippen molar-refractivity contribution in [3.05, 3.63) is 42.0 Å². The molecular formula is C12H15B. The number of hydrogen-bond acceptors (Lipinski definition) is 0. The summed E-state index contributed by atoms with van der Waals surface area (Å²) in [5.74, 6) is 0.605. The Hall–Kier alpha value is -0.975. The minimum atomic E-state index is 0.605. The van der Waals surface area contributed by atoms with Gasteiger partial charge in [-0.1, -0.05) is 48.8 Å². The Labute approximate surface area is 82.1 Å². The summed E-state index contributed by atoms with van der Waals surface area (Å²) in [6, 6.07) is 8.10. The maximum absolute atomic E-state index is 5.60. The van der Waals surface area contributed by atoms with Crippen molar-refractivity contribution in [3.63, 3.8) is 0 Å². The van der Waals surface area contributed by atoms with Gasteiger partial charge in [-0.2, -0.15) is 0 Å². The van der Waals surface area contributed by atoms with Gasteiger partial charge in [0, 0.05) is 0 Å². The largest absolute Gasteiger partial charge is 0.113 e. The van der Waals surface area contributed by atoms with Crippen molar-refractivity contribution in [2.24, 2.45) is 5.92 Å². The fourth-order valence-corrected chi connectivity index (χ4v) is 1.42. The predicted octanol–water partition coefficient (Wildman–Crippen LogP) is 2.24. The van der Waals surface area contributed by atoms with Crippen molar-refractivity contribution in [2.75, 3.05) is 0 Å². The van der Waals surface area contributed by atoms with Crippen LogP contribution in [0.25, 0.3) is 0 Å². The summed E-state index contributed by atoms with van der Waals surface area (Å²) in [7, 11) is 5.60. The van der Waals surface area contributed by atoms with E-state index >= 15 is 0 Å². The van der Waals surface area contributed by atoms with Crippen molar-refractivity contribution < 1.29 is 0 Å². The van der Waals surface area contributed by atoms with Gasteiger partial charge in [0.2, 0.25) is 0 Å². The van der Waals surface area contributed by atoms with Crippen LogP contribution in [0.3, 0.4) is 0 Å². The summed E-state index contributed by atoms with van der Waals surface area (Å²) in [4.78, 5) is 0. The third-order valence-electron chi connectivity index (χ3n) is 2.06. The van der Waals surface area contributed by atoms with E-state index < -0.39 is 0 Å². The highest BCUT2D eigenvalue weighted by Crippen LogP contribution is 2.08. The maximum atomic E-state index is 5.60. The minimum Gasteiger partial charge on any atom is -0.0967 e. The van der Waals surface area contributed by atoms with E-state index in [1.165, 1.54) is 5.56 Å². The van der Waals surface area contributed by atoms with Crippen LogP contribution >= 0.6 is 0 Å². The molecule has 0 amide bonds. The lowest BCUT2D eigenvalue weighted by Gasteiger charge is -2.06. The first-order chi connectivity index (χ1) is 6.22. The summed E-state index contributed by atoms with van der Waals surface area (Å²) in [5, 5.41) is 0. The van der Waals surface area contributed by atoms with Crippen LogP contribution in [0.1, 0.15) is 19.4 Å². The van der Waals surface area contributed by atoms with Crippen LogP contribution in [0.5, 0.6) is 0 Å². The van der Waals surface area contributed by atoms with E-state index in [2.05, 4.69) is 38.1 Å². The number of allylic oxidation sites excluding steroid dienone is 2. The number of rotatable bonds is 3. The summed E-state index contributed by atoms with van der Waals surface area (Å²) < 4.78 is 0. The molecule has 0 fully saturated rings. The Morgan fingerprint density at radius 2 is 1.92 bits per heavy atom. The molecule has 1 aromatic carbocycles. The number of benzene rings is 1. The van der Waals surface area contributed by atoms with E-state index in [-0.39, 0.29) is 0 Å². The van der Waals surface area contributed by atoms with E-state index in [4.69, 9.17) is 7.85 Å². The Morgan fingerprint density at radius 3 is 2.46 bits per heavy atom. The molecule has 0 nitrogen and oxygen atoms in total. The molecule has 0 aliphatic heterocycles. The van der Waals surface area contributed by atoms with Crippen LogP contribution in [0.15, 0.2) is 36.4 Å². The summed E-state index contributed by atoms with van der Waals surface area (Å²) in [6.45, 7) is 4.27. The molecule has 1 atom stereocenters. The fraction of sp³-hybridized carbons (Fsp3) is 0.333. The summed E-state index contributed by atoms with van der Waals surface area (Å²) in [6.07, 6.45) is 5.41. The van der Waals surface area contributed by atoms with Gasteiger partial charge < -0.3 is 0 Å². The quantitative estimate of drug-likeness (QED) is 0.482. The second-order valence-electron chi connectivity index (χ2n) is 3.45. The van der Waals surface area contributed by atoms with E-state index in [0.717, 1.165) is 11.9 Å². The zero-order valence-electron chi connectivity index (χ0n) is 8.33. The summed E-state index contributed by atoms with van der Waals surface area (Å²) in [5.41, 5.74) is 2.18. The normalized spacial score (nSPS) is 13.4. The molecule has 0 aliphatic rings. The third kappa shape index (κ3) is 3.50. The van der Waals surface area contributed by atoms with Crippen molar-refractivity contribution in [2.45, 2.75) is 20.3 Å². The summed E-state index contributed by atoms with van der Waals surface area (Å²) >= 11 is 0. The van der Waals surface area contributed by atoms with Crippen molar-refractivity contribution >= 4 is 13.3 Å². The average molecular weight is 170 g/mol. The first-order valence-corrected chi connectivity index (χ1v) is 4.69. The highest BCUT2D eigenvalue weighted by Gasteiger charge is 1.98. The van der Waals surface area contributed by atoms with E-state index in [9.17, 15) is 0 Å². The molecule has 1 unspecified atom stereocenters. The SMILES string of the molecule is [B]c1ccc(CC(C)/C=C/C)cc1. The highest BCUT2D eigenvalue weighted by molar-refractivity contribution is 6.32. The lowest BCUT2D eigenvalue weighted by molar-refractivity contribution is 0.723. The van der Waals surface area contributed by atoms with Gasteiger partial charge in [-0.15, -0.1) is 0 Å². The molecule has 0 spiro atoms. The highest BCUT2D eigenvalue weighted by atomic mass is 14.0. The van der Waals surface area contributed by atoms with Crippen LogP contribution in [0.4, 0.5) is 0 Å². The Morgan fingerprint density at radius 1 is 1.31 bits per heavy atom. The first-order valence-electron chi connectivity index (χ1n) is 4.69. The molecule has 0 bridgehead atoms.